The Hall–Kier alpha value is -4.21. The van der Waals surface area contributed by atoms with Crippen molar-refractivity contribution < 1.29 is 22.0 Å². The lowest BCUT2D eigenvalue weighted by Gasteiger charge is -2.10. The molecule has 0 bridgehead atoms. The highest BCUT2D eigenvalue weighted by molar-refractivity contribution is 5.99. The molecule has 0 atom stereocenters. The molecule has 4 rings (SSSR count). The summed E-state index contributed by atoms with van der Waals surface area (Å²) in [6.45, 7) is 1.08. The van der Waals surface area contributed by atoms with E-state index in [0.717, 1.165) is 18.1 Å². The third-order valence-electron chi connectivity index (χ3n) is 4.68. The molecule has 3 aromatic carbocycles. The predicted molar refractivity (Wildman–Crippen MR) is 113 cm³/mol. The fourth-order valence-electron chi connectivity index (χ4n) is 3.07. The molecule has 0 aliphatic heterocycles. The number of benzene rings is 3. The number of hydrazone groups is 1. The maximum atomic E-state index is 14.0. The second-order valence-electron chi connectivity index (χ2n) is 6.82. The van der Waals surface area contributed by atoms with Gasteiger partial charge in [0.25, 0.3) is 5.95 Å². The lowest BCUT2D eigenvalue weighted by Crippen LogP contribution is -2.13. The minimum Gasteiger partial charge on any atom is -0.244 e. The van der Waals surface area contributed by atoms with E-state index in [9.17, 15) is 22.0 Å². The van der Waals surface area contributed by atoms with Crippen LogP contribution in [0.5, 0.6) is 0 Å². The number of rotatable bonds is 5. The maximum absolute atomic E-state index is 14.0. The quantitative estimate of drug-likeness (QED) is 0.137. The van der Waals surface area contributed by atoms with Gasteiger partial charge in [0.1, 0.15) is 11.4 Å². The van der Waals surface area contributed by atoms with E-state index in [0.29, 0.717) is 11.4 Å². The van der Waals surface area contributed by atoms with Crippen LogP contribution in [-0.2, 0) is 0 Å². The minimum atomic E-state index is -2.24. The third-order valence-corrected chi connectivity index (χ3v) is 4.68. The van der Waals surface area contributed by atoms with Crippen LogP contribution in [0.4, 0.5) is 27.9 Å². The van der Waals surface area contributed by atoms with E-state index >= 15 is 0 Å². The Balaban J connectivity index is 1.74. The molecule has 0 aliphatic rings. The van der Waals surface area contributed by atoms with Gasteiger partial charge in [-0.15, -0.1) is 10.2 Å². The first-order valence-electron chi connectivity index (χ1n) is 9.56. The van der Waals surface area contributed by atoms with Gasteiger partial charge < -0.3 is 0 Å². The first-order chi connectivity index (χ1) is 15.9. The monoisotopic (exact) mass is 455 g/mol. The zero-order chi connectivity index (χ0) is 23.5. The summed E-state index contributed by atoms with van der Waals surface area (Å²) in [7, 11) is 0. The fourth-order valence-corrected chi connectivity index (χ4v) is 3.07. The molecule has 0 saturated carbocycles. The molecule has 33 heavy (non-hydrogen) atoms. The first kappa shape index (κ1) is 22.0. The summed E-state index contributed by atoms with van der Waals surface area (Å²) in [6.07, 6.45) is 0. The van der Waals surface area contributed by atoms with Crippen LogP contribution in [-0.4, -0.2) is 20.9 Å². The highest BCUT2D eigenvalue weighted by Crippen LogP contribution is 2.29. The van der Waals surface area contributed by atoms with Crippen LogP contribution in [0.15, 0.2) is 65.8 Å². The first-order valence-corrected chi connectivity index (χ1v) is 9.56. The number of hydrogen-bond acceptors (Lipinski definition) is 5. The van der Waals surface area contributed by atoms with Crippen LogP contribution in [0.2, 0.25) is 0 Å². The van der Waals surface area contributed by atoms with Gasteiger partial charge in [0, 0.05) is 11.1 Å². The molecule has 166 valence electrons. The standard InChI is InChI=1S/C23H14F5N5/c1-12(15-16(24)18(26)20(28)19(27)17(15)25)30-32-23-29-21(13-8-4-2-5-9-13)22(31-33-23)14-10-6-3-7-11-14/h2-11H,1H3,(H,29,32,33)/b30-12-. The van der Waals surface area contributed by atoms with E-state index in [-0.39, 0.29) is 5.95 Å². The van der Waals surface area contributed by atoms with E-state index in [1.54, 1.807) is 0 Å². The smallest absolute Gasteiger partial charge is 0.244 e. The van der Waals surface area contributed by atoms with Gasteiger partial charge in [-0.25, -0.2) is 32.4 Å². The average Bonchev–Trinajstić information content (AvgIpc) is 2.86. The van der Waals surface area contributed by atoms with Crippen LogP contribution in [0.1, 0.15) is 12.5 Å². The van der Waals surface area contributed by atoms with Gasteiger partial charge >= 0.3 is 0 Å². The van der Waals surface area contributed by atoms with E-state index < -0.39 is 40.4 Å². The van der Waals surface area contributed by atoms with Crippen molar-refractivity contribution in [2.45, 2.75) is 6.92 Å². The molecule has 10 heteroatoms. The van der Waals surface area contributed by atoms with E-state index in [1.165, 1.54) is 0 Å². The lowest BCUT2D eigenvalue weighted by atomic mass is 10.0. The van der Waals surface area contributed by atoms with Crippen LogP contribution < -0.4 is 5.43 Å². The van der Waals surface area contributed by atoms with Crippen molar-refractivity contribution in [3.63, 3.8) is 0 Å². The number of halogens is 5. The summed E-state index contributed by atoms with van der Waals surface area (Å²) in [5, 5.41) is 11.8. The van der Waals surface area contributed by atoms with Gasteiger partial charge in [0.2, 0.25) is 5.82 Å². The Bertz CT molecular complexity index is 1320. The van der Waals surface area contributed by atoms with Crippen molar-refractivity contribution >= 4 is 11.7 Å². The number of aromatic nitrogens is 3. The van der Waals surface area contributed by atoms with Crippen molar-refractivity contribution in [1.29, 1.82) is 0 Å². The summed E-state index contributed by atoms with van der Waals surface area (Å²) in [4.78, 5) is 4.39. The van der Waals surface area contributed by atoms with Gasteiger partial charge in [-0.05, 0) is 6.92 Å². The Morgan fingerprint density at radius 3 is 1.70 bits per heavy atom. The largest absolute Gasteiger partial charge is 0.263 e. The number of hydrogen-bond donors (Lipinski definition) is 1. The molecular formula is C23H14F5N5. The molecule has 4 aromatic rings. The summed E-state index contributed by atoms with van der Waals surface area (Å²) in [6, 6.07) is 18.2. The number of nitrogens with zero attached hydrogens (tertiary/aromatic N) is 4. The highest BCUT2D eigenvalue weighted by atomic mass is 19.2. The van der Waals surface area contributed by atoms with Crippen LogP contribution >= 0.6 is 0 Å². The molecule has 0 spiro atoms. The van der Waals surface area contributed by atoms with Crippen molar-refractivity contribution in [3.8, 4) is 22.5 Å². The topological polar surface area (TPSA) is 63.1 Å². The van der Waals surface area contributed by atoms with Crippen LogP contribution in [0.25, 0.3) is 22.5 Å². The highest BCUT2D eigenvalue weighted by Gasteiger charge is 2.27. The van der Waals surface area contributed by atoms with Gasteiger partial charge in [-0.3, -0.25) is 0 Å². The molecule has 0 unspecified atom stereocenters. The summed E-state index contributed by atoms with van der Waals surface area (Å²) >= 11 is 0. The predicted octanol–water partition coefficient (Wildman–Crippen LogP) is 5.74. The van der Waals surface area contributed by atoms with E-state index in [1.807, 2.05) is 60.7 Å². The lowest BCUT2D eigenvalue weighted by molar-refractivity contribution is 0.377. The second-order valence-corrected chi connectivity index (χ2v) is 6.82. The zero-order valence-corrected chi connectivity index (χ0v) is 17.0. The Labute approximate surface area is 184 Å². The summed E-state index contributed by atoms with van der Waals surface area (Å²) in [5.41, 5.74) is 3.11. The molecule has 1 aromatic heterocycles. The Morgan fingerprint density at radius 2 is 1.15 bits per heavy atom. The average molecular weight is 455 g/mol. The van der Waals surface area contributed by atoms with E-state index in [2.05, 4.69) is 25.7 Å². The molecule has 0 fully saturated rings. The SMILES string of the molecule is C/C(=N/Nc1nnc(-c2ccccc2)c(-c2ccccc2)n1)c1c(F)c(F)c(F)c(F)c1F. The molecule has 1 N–H and O–H groups in total. The van der Waals surface area contributed by atoms with Crippen molar-refractivity contribution in [2.75, 3.05) is 5.43 Å². The molecule has 0 radical (unpaired) electrons. The minimum absolute atomic E-state index is 0.142. The van der Waals surface area contributed by atoms with Gasteiger partial charge in [0.15, 0.2) is 23.3 Å². The molecule has 0 saturated heterocycles. The third kappa shape index (κ3) is 4.27. The number of anilines is 1. The molecule has 1 heterocycles. The van der Waals surface area contributed by atoms with E-state index in [4.69, 9.17) is 0 Å². The van der Waals surface area contributed by atoms with Gasteiger partial charge in [-0.1, -0.05) is 60.7 Å². The Kier molecular flexibility index (Phi) is 6.07. The molecule has 5 nitrogen and oxygen atoms in total. The fraction of sp³-hybridized carbons (Fsp3) is 0.0435. The summed E-state index contributed by atoms with van der Waals surface area (Å²) < 4.78 is 68.4. The molecule has 0 aliphatic carbocycles. The van der Waals surface area contributed by atoms with Crippen LogP contribution in [0.3, 0.4) is 0 Å². The van der Waals surface area contributed by atoms with Gasteiger partial charge in [-0.2, -0.15) is 5.10 Å². The van der Waals surface area contributed by atoms with Crippen LogP contribution in [0, 0.1) is 29.1 Å². The zero-order valence-electron chi connectivity index (χ0n) is 17.0. The molecular weight excluding hydrogens is 441 g/mol. The maximum Gasteiger partial charge on any atom is 0.263 e. The second kappa shape index (κ2) is 9.11. The Morgan fingerprint density at radius 1 is 0.667 bits per heavy atom. The van der Waals surface area contributed by atoms with Gasteiger partial charge in [0.05, 0.1) is 11.3 Å². The van der Waals surface area contributed by atoms with Crippen molar-refractivity contribution in [1.82, 2.24) is 15.2 Å². The molecule has 0 amide bonds. The van der Waals surface area contributed by atoms with Crippen molar-refractivity contribution in [3.05, 3.63) is 95.3 Å². The summed E-state index contributed by atoms with van der Waals surface area (Å²) in [5.74, 6) is -10.5. The van der Waals surface area contributed by atoms with Crippen molar-refractivity contribution in [2.24, 2.45) is 5.10 Å². The number of nitrogens with one attached hydrogen (secondary N) is 1. The normalized spacial score (nSPS) is 11.5.